The molecular formula is C32H33F2N7O4S. The van der Waals surface area contributed by atoms with E-state index in [1.807, 2.05) is 36.1 Å². The van der Waals surface area contributed by atoms with Crippen LogP contribution in [0.3, 0.4) is 0 Å². The largest absolute Gasteiger partial charge is 0.466 e. The Balaban J connectivity index is 1.41. The first-order chi connectivity index (χ1) is 22.0. The van der Waals surface area contributed by atoms with Crippen molar-refractivity contribution in [2.24, 2.45) is 0 Å². The number of hydrogen-bond donors (Lipinski definition) is 0. The number of fused-ring (bicyclic) bond motifs is 4. The lowest BCUT2D eigenvalue weighted by molar-refractivity contribution is -0.143. The molecule has 5 heterocycles. The zero-order valence-electron chi connectivity index (χ0n) is 25.7. The highest BCUT2D eigenvalue weighted by Crippen LogP contribution is 2.38. The molecule has 240 valence electrons. The van der Waals surface area contributed by atoms with Gasteiger partial charge in [-0.15, -0.1) is 10.2 Å². The Morgan fingerprint density at radius 2 is 2.00 bits per heavy atom. The molecule has 14 heteroatoms. The van der Waals surface area contributed by atoms with Crippen LogP contribution in [-0.4, -0.2) is 64.0 Å². The van der Waals surface area contributed by atoms with Crippen LogP contribution in [0.15, 0.2) is 47.6 Å². The molecule has 0 bridgehead atoms. The Morgan fingerprint density at radius 1 is 1.20 bits per heavy atom. The van der Waals surface area contributed by atoms with Gasteiger partial charge >= 0.3 is 5.97 Å². The van der Waals surface area contributed by atoms with Crippen molar-refractivity contribution >= 4 is 27.5 Å². The molecular weight excluding hydrogens is 616 g/mol. The number of ether oxygens (including phenoxy) is 1. The molecule has 0 saturated carbocycles. The molecule has 0 amide bonds. The highest BCUT2D eigenvalue weighted by atomic mass is 32.2. The second-order valence-corrected chi connectivity index (χ2v) is 13.5. The van der Waals surface area contributed by atoms with Gasteiger partial charge in [-0.1, -0.05) is 18.2 Å². The van der Waals surface area contributed by atoms with E-state index in [0.717, 1.165) is 29.5 Å². The van der Waals surface area contributed by atoms with E-state index in [1.165, 1.54) is 27.2 Å². The molecule has 2 aliphatic rings. The molecule has 6 rings (SSSR count). The van der Waals surface area contributed by atoms with Crippen molar-refractivity contribution in [3.8, 4) is 6.07 Å². The van der Waals surface area contributed by atoms with Gasteiger partial charge in [0.05, 0.1) is 18.6 Å². The fourth-order valence-electron chi connectivity index (χ4n) is 6.53. The summed E-state index contributed by atoms with van der Waals surface area (Å²) in [5, 5.41) is 17.2. The number of nitriles is 1. The fraction of sp³-hybridized carbons (Fsp3) is 0.406. The zero-order valence-corrected chi connectivity index (χ0v) is 26.5. The van der Waals surface area contributed by atoms with Crippen molar-refractivity contribution in [1.29, 1.82) is 5.26 Å². The number of pyridine rings is 2. The summed E-state index contributed by atoms with van der Waals surface area (Å²) in [7, 11) is -4.03. The van der Waals surface area contributed by atoms with Crippen LogP contribution in [0.5, 0.6) is 0 Å². The number of sulfonamides is 1. The number of carbonyl (C=O) groups is 1. The van der Waals surface area contributed by atoms with Crippen LogP contribution in [0, 0.1) is 25.2 Å². The molecule has 11 nitrogen and oxygen atoms in total. The number of rotatable bonds is 8. The standard InChI is InChI=1S/C32H33F2N7O4S/c1-4-45-28(42)14-26(25-9-11-41-30(20(25)3)37-38-32(41)29(33)34)22-8-7-19(2)23(13-22)17-39-18-24-6-5-10-40(24)31-27(46(39,43)44)12-21(15-35)16-36-31/h7-9,11-13,16,24,26,29H,4-6,10,14,17-18H2,1-3H3/t24-,26?/m0/s1. The first-order valence-corrected chi connectivity index (χ1v) is 16.5. The fourth-order valence-corrected chi connectivity index (χ4v) is 8.17. The van der Waals surface area contributed by atoms with Gasteiger partial charge in [-0.05, 0) is 73.6 Å². The Bertz CT molecular complexity index is 1970. The number of benzene rings is 1. The average Bonchev–Trinajstić information content (AvgIpc) is 3.67. The average molecular weight is 650 g/mol. The van der Waals surface area contributed by atoms with Crippen LogP contribution >= 0.6 is 0 Å². The van der Waals surface area contributed by atoms with E-state index in [2.05, 4.69) is 15.2 Å². The topological polar surface area (TPSA) is 134 Å². The van der Waals surface area contributed by atoms with Gasteiger partial charge in [0.1, 0.15) is 16.8 Å². The second kappa shape index (κ2) is 12.4. The molecule has 0 aliphatic carbocycles. The Morgan fingerprint density at radius 3 is 2.74 bits per heavy atom. The third kappa shape index (κ3) is 5.58. The van der Waals surface area contributed by atoms with E-state index < -0.39 is 34.2 Å². The normalized spacial score (nSPS) is 18.2. The summed E-state index contributed by atoms with van der Waals surface area (Å²) >= 11 is 0. The lowest BCUT2D eigenvalue weighted by atomic mass is 9.85. The maximum Gasteiger partial charge on any atom is 0.306 e. The van der Waals surface area contributed by atoms with E-state index in [0.29, 0.717) is 23.5 Å². The van der Waals surface area contributed by atoms with Crippen molar-refractivity contribution in [2.45, 2.75) is 69.9 Å². The molecule has 3 aromatic heterocycles. The van der Waals surface area contributed by atoms with Gasteiger partial charge in [-0.2, -0.15) is 9.57 Å². The Kier molecular flexibility index (Phi) is 8.47. The number of alkyl halides is 2. The Hall–Kier alpha value is -4.48. The highest BCUT2D eigenvalue weighted by Gasteiger charge is 2.40. The molecule has 1 aromatic carbocycles. The monoisotopic (exact) mass is 649 g/mol. The molecule has 46 heavy (non-hydrogen) atoms. The van der Waals surface area contributed by atoms with Gasteiger partial charge in [0.2, 0.25) is 15.8 Å². The summed E-state index contributed by atoms with van der Waals surface area (Å²) in [6.45, 7) is 6.56. The van der Waals surface area contributed by atoms with Crippen LogP contribution < -0.4 is 4.90 Å². The van der Waals surface area contributed by atoms with E-state index in [-0.39, 0.29) is 48.3 Å². The van der Waals surface area contributed by atoms with Gasteiger partial charge in [-0.25, -0.2) is 22.2 Å². The summed E-state index contributed by atoms with van der Waals surface area (Å²) in [5.41, 5.74) is 4.04. The van der Waals surface area contributed by atoms with Gasteiger partial charge in [0, 0.05) is 44.0 Å². The molecule has 1 fully saturated rings. The number of aryl methyl sites for hydroxylation is 2. The van der Waals surface area contributed by atoms with Crippen LogP contribution in [-0.2, 0) is 26.1 Å². The van der Waals surface area contributed by atoms with E-state index in [9.17, 15) is 27.3 Å². The van der Waals surface area contributed by atoms with Crippen molar-refractivity contribution in [3.63, 3.8) is 0 Å². The number of anilines is 1. The SMILES string of the molecule is CCOC(=O)CC(c1ccc(C)c(CN2C[C@@H]3CCCN3c3ncc(C#N)cc3S2(=O)=O)c1)c1ccn2c(C(F)F)nnc2c1C. The Labute approximate surface area is 265 Å². The zero-order chi connectivity index (χ0) is 32.7. The summed E-state index contributed by atoms with van der Waals surface area (Å²) in [4.78, 5) is 19.3. The number of halogens is 2. The first kappa shape index (κ1) is 31.5. The van der Waals surface area contributed by atoms with Crippen LogP contribution in [0.4, 0.5) is 14.6 Å². The highest BCUT2D eigenvalue weighted by molar-refractivity contribution is 7.89. The number of aromatic nitrogens is 4. The van der Waals surface area contributed by atoms with E-state index >= 15 is 0 Å². The predicted octanol–water partition coefficient (Wildman–Crippen LogP) is 4.81. The lowest BCUT2D eigenvalue weighted by Crippen LogP contribution is -2.39. The third-order valence-electron chi connectivity index (χ3n) is 8.91. The van der Waals surface area contributed by atoms with Crippen molar-refractivity contribution in [1.82, 2.24) is 23.9 Å². The first-order valence-electron chi connectivity index (χ1n) is 15.1. The number of nitrogens with zero attached hydrogens (tertiary/aromatic N) is 7. The number of carbonyl (C=O) groups excluding carboxylic acids is 1. The summed E-state index contributed by atoms with van der Waals surface area (Å²) in [6, 6.07) is 10.7. The quantitative estimate of drug-likeness (QED) is 0.247. The van der Waals surface area contributed by atoms with Gasteiger partial charge in [-0.3, -0.25) is 9.20 Å². The molecule has 1 saturated heterocycles. The predicted molar refractivity (Wildman–Crippen MR) is 164 cm³/mol. The molecule has 2 aliphatic heterocycles. The third-order valence-corrected chi connectivity index (χ3v) is 10.7. The van der Waals surface area contributed by atoms with Gasteiger partial charge < -0.3 is 9.64 Å². The van der Waals surface area contributed by atoms with E-state index in [4.69, 9.17) is 4.74 Å². The molecule has 1 unspecified atom stereocenters. The molecule has 4 aromatic rings. The van der Waals surface area contributed by atoms with Gasteiger partial charge in [0.25, 0.3) is 6.43 Å². The number of hydrogen-bond acceptors (Lipinski definition) is 9. The molecule has 2 atom stereocenters. The maximum absolute atomic E-state index is 14.1. The molecule has 0 spiro atoms. The van der Waals surface area contributed by atoms with Crippen LogP contribution in [0.25, 0.3) is 5.65 Å². The smallest absolute Gasteiger partial charge is 0.306 e. The lowest BCUT2D eigenvalue weighted by Gasteiger charge is -2.26. The molecule has 0 N–H and O–H groups in total. The minimum absolute atomic E-state index is 0.0188. The summed E-state index contributed by atoms with van der Waals surface area (Å²) in [5.74, 6) is -1.07. The van der Waals surface area contributed by atoms with Crippen molar-refractivity contribution < 1.29 is 26.7 Å². The summed E-state index contributed by atoms with van der Waals surface area (Å²) < 4.78 is 63.3. The minimum atomic E-state index is -4.03. The minimum Gasteiger partial charge on any atom is -0.466 e. The number of esters is 1. The van der Waals surface area contributed by atoms with Gasteiger partial charge in [0.15, 0.2) is 5.65 Å². The van der Waals surface area contributed by atoms with Crippen LogP contribution in [0.2, 0.25) is 0 Å². The van der Waals surface area contributed by atoms with Crippen LogP contribution in [0.1, 0.15) is 77.7 Å². The maximum atomic E-state index is 14.1. The van der Waals surface area contributed by atoms with Crippen molar-refractivity contribution in [3.05, 3.63) is 81.9 Å². The second-order valence-electron chi connectivity index (χ2n) is 11.6. The van der Waals surface area contributed by atoms with Crippen molar-refractivity contribution in [2.75, 3.05) is 24.6 Å². The summed E-state index contributed by atoms with van der Waals surface area (Å²) in [6.07, 6.45) is 1.76. The molecule has 0 radical (unpaired) electrons. The van der Waals surface area contributed by atoms with E-state index in [1.54, 1.807) is 19.9 Å².